The smallest absolute Gasteiger partial charge is 0.0897 e. The predicted octanol–water partition coefficient (Wildman–Crippen LogP) is -0.629. The molecule has 0 amide bonds. The van der Waals surface area contributed by atoms with Crippen LogP contribution in [0.4, 0.5) is 0 Å². The van der Waals surface area contributed by atoms with Crippen LogP contribution in [0.15, 0.2) is 0 Å². The Labute approximate surface area is 91.4 Å². The number of nitrogens with one attached hydrogen (secondary N) is 1. The second-order valence-electron chi connectivity index (χ2n) is 3.28. The molecule has 0 spiro atoms. The third-order valence-electron chi connectivity index (χ3n) is 1.79. The maximum absolute atomic E-state index is 9.37. The first kappa shape index (κ1) is 14.8. The number of aliphatic hydroxyl groups excluding tert-OH is 2. The molecular weight excluding hydrogens is 198 g/mol. The summed E-state index contributed by atoms with van der Waals surface area (Å²) in [5.74, 6) is 0. The normalized spacial score (nSPS) is 15.2. The van der Waals surface area contributed by atoms with E-state index >= 15 is 0 Å². The van der Waals surface area contributed by atoms with Crippen LogP contribution in [0.1, 0.15) is 13.8 Å². The maximum atomic E-state index is 9.37. The summed E-state index contributed by atoms with van der Waals surface area (Å²) in [6, 6.07) is 0. The van der Waals surface area contributed by atoms with E-state index in [1.165, 1.54) is 0 Å². The van der Waals surface area contributed by atoms with Gasteiger partial charge in [-0.05, 0) is 13.8 Å². The first-order valence-corrected chi connectivity index (χ1v) is 5.43. The molecule has 0 aliphatic heterocycles. The third kappa shape index (κ3) is 10.1. The van der Waals surface area contributed by atoms with E-state index in [4.69, 9.17) is 9.47 Å². The van der Waals surface area contributed by atoms with Gasteiger partial charge in [0.2, 0.25) is 0 Å². The lowest BCUT2D eigenvalue weighted by molar-refractivity contribution is 0.0290. The van der Waals surface area contributed by atoms with Gasteiger partial charge in [0.05, 0.1) is 25.4 Å². The highest BCUT2D eigenvalue weighted by Crippen LogP contribution is 1.86. The Kier molecular flexibility index (Phi) is 10.2. The van der Waals surface area contributed by atoms with Gasteiger partial charge in [0, 0.05) is 26.3 Å². The fraction of sp³-hybridized carbons (Fsp3) is 1.00. The van der Waals surface area contributed by atoms with Crippen LogP contribution in [0.3, 0.4) is 0 Å². The van der Waals surface area contributed by atoms with Gasteiger partial charge in [-0.3, -0.25) is 0 Å². The van der Waals surface area contributed by atoms with Gasteiger partial charge < -0.3 is 25.0 Å². The van der Waals surface area contributed by atoms with Gasteiger partial charge in [-0.25, -0.2) is 0 Å². The van der Waals surface area contributed by atoms with Crippen molar-refractivity contribution < 1.29 is 19.7 Å². The maximum Gasteiger partial charge on any atom is 0.0897 e. The summed E-state index contributed by atoms with van der Waals surface area (Å²) in [6.07, 6.45) is -1.05. The molecule has 0 radical (unpaired) electrons. The molecule has 5 heteroatoms. The molecule has 0 rings (SSSR count). The zero-order chi connectivity index (χ0) is 11.5. The number of rotatable bonds is 10. The van der Waals surface area contributed by atoms with E-state index in [1.54, 1.807) is 0 Å². The van der Waals surface area contributed by atoms with Crippen molar-refractivity contribution in [1.29, 1.82) is 0 Å². The standard InChI is InChI=1S/C10H23NO4/c1-3-14-7-9(12)5-11-6-10(13)8-15-4-2/h9-13H,3-8H2,1-2H3. The molecule has 0 aliphatic rings. The summed E-state index contributed by atoms with van der Waals surface area (Å²) >= 11 is 0. The molecule has 0 aliphatic carbocycles. The van der Waals surface area contributed by atoms with E-state index in [9.17, 15) is 10.2 Å². The second kappa shape index (κ2) is 10.3. The highest BCUT2D eigenvalue weighted by atomic mass is 16.5. The summed E-state index contributed by atoms with van der Waals surface area (Å²) in [7, 11) is 0. The lowest BCUT2D eigenvalue weighted by Crippen LogP contribution is -2.36. The Balaban J connectivity index is 3.27. The van der Waals surface area contributed by atoms with Gasteiger partial charge in [-0.15, -0.1) is 0 Å². The number of hydrogen-bond donors (Lipinski definition) is 3. The van der Waals surface area contributed by atoms with Crippen molar-refractivity contribution in [2.24, 2.45) is 0 Å². The fourth-order valence-corrected chi connectivity index (χ4v) is 1.04. The SMILES string of the molecule is CCOCC(O)CNCC(O)COCC. The zero-order valence-electron chi connectivity index (χ0n) is 9.61. The minimum atomic E-state index is -0.524. The van der Waals surface area contributed by atoms with Crippen molar-refractivity contribution in [3.05, 3.63) is 0 Å². The van der Waals surface area contributed by atoms with Crippen molar-refractivity contribution in [2.75, 3.05) is 39.5 Å². The highest BCUT2D eigenvalue weighted by Gasteiger charge is 2.06. The molecule has 0 aromatic heterocycles. The van der Waals surface area contributed by atoms with Crippen molar-refractivity contribution in [2.45, 2.75) is 26.1 Å². The molecule has 15 heavy (non-hydrogen) atoms. The van der Waals surface area contributed by atoms with Gasteiger partial charge in [-0.2, -0.15) is 0 Å². The molecule has 92 valence electrons. The molecule has 0 bridgehead atoms. The molecule has 0 aromatic rings. The Hall–Kier alpha value is -0.200. The fourth-order valence-electron chi connectivity index (χ4n) is 1.04. The molecular formula is C10H23NO4. The Bertz CT molecular complexity index is 121. The van der Waals surface area contributed by atoms with Crippen LogP contribution in [-0.2, 0) is 9.47 Å². The molecule has 0 aromatic carbocycles. The summed E-state index contributed by atoms with van der Waals surface area (Å²) < 4.78 is 10.1. The molecule has 0 saturated heterocycles. The zero-order valence-corrected chi connectivity index (χ0v) is 9.61. The highest BCUT2D eigenvalue weighted by molar-refractivity contribution is 4.62. The lowest BCUT2D eigenvalue weighted by Gasteiger charge is -2.14. The van der Waals surface area contributed by atoms with E-state index in [1.807, 2.05) is 13.8 Å². The largest absolute Gasteiger partial charge is 0.389 e. The summed E-state index contributed by atoms with van der Waals surface area (Å²) in [5.41, 5.74) is 0. The van der Waals surface area contributed by atoms with Crippen molar-refractivity contribution in [3.63, 3.8) is 0 Å². The van der Waals surface area contributed by atoms with E-state index in [2.05, 4.69) is 5.32 Å². The van der Waals surface area contributed by atoms with E-state index < -0.39 is 12.2 Å². The van der Waals surface area contributed by atoms with Crippen LogP contribution in [0.25, 0.3) is 0 Å². The molecule has 5 nitrogen and oxygen atoms in total. The van der Waals surface area contributed by atoms with Crippen LogP contribution in [0.5, 0.6) is 0 Å². The van der Waals surface area contributed by atoms with E-state index in [-0.39, 0.29) is 0 Å². The minimum Gasteiger partial charge on any atom is -0.389 e. The van der Waals surface area contributed by atoms with Crippen LogP contribution >= 0.6 is 0 Å². The first-order chi connectivity index (χ1) is 7.20. The average Bonchev–Trinajstić information content (AvgIpc) is 2.23. The molecule has 2 atom stereocenters. The van der Waals surface area contributed by atoms with Gasteiger partial charge >= 0.3 is 0 Å². The van der Waals surface area contributed by atoms with Crippen LogP contribution in [0.2, 0.25) is 0 Å². The molecule has 3 N–H and O–H groups in total. The van der Waals surface area contributed by atoms with Crippen LogP contribution in [0, 0.1) is 0 Å². The number of hydrogen-bond acceptors (Lipinski definition) is 5. The second-order valence-corrected chi connectivity index (χ2v) is 3.28. The van der Waals surface area contributed by atoms with Crippen LogP contribution in [-0.4, -0.2) is 61.9 Å². The summed E-state index contributed by atoms with van der Waals surface area (Å²) in [5, 5.41) is 21.7. The summed E-state index contributed by atoms with van der Waals surface area (Å²) in [6.45, 7) is 6.45. The van der Waals surface area contributed by atoms with Gasteiger partial charge in [0.1, 0.15) is 0 Å². The van der Waals surface area contributed by atoms with Crippen molar-refractivity contribution in [3.8, 4) is 0 Å². The number of ether oxygens (including phenoxy) is 2. The van der Waals surface area contributed by atoms with E-state index in [0.29, 0.717) is 39.5 Å². The predicted molar refractivity (Wildman–Crippen MR) is 57.9 cm³/mol. The topological polar surface area (TPSA) is 71.0 Å². The monoisotopic (exact) mass is 221 g/mol. The van der Waals surface area contributed by atoms with Crippen molar-refractivity contribution >= 4 is 0 Å². The molecule has 0 fully saturated rings. The van der Waals surface area contributed by atoms with Gasteiger partial charge in [0.25, 0.3) is 0 Å². The van der Waals surface area contributed by atoms with Crippen molar-refractivity contribution in [1.82, 2.24) is 5.32 Å². The van der Waals surface area contributed by atoms with Gasteiger partial charge in [0.15, 0.2) is 0 Å². The Morgan fingerprint density at radius 2 is 1.33 bits per heavy atom. The number of aliphatic hydroxyl groups is 2. The minimum absolute atomic E-state index is 0.324. The van der Waals surface area contributed by atoms with E-state index in [0.717, 1.165) is 0 Å². The lowest BCUT2D eigenvalue weighted by atomic mass is 10.3. The summed E-state index contributed by atoms with van der Waals surface area (Å²) in [4.78, 5) is 0. The molecule has 2 unspecified atom stereocenters. The van der Waals surface area contributed by atoms with Gasteiger partial charge in [-0.1, -0.05) is 0 Å². The molecule has 0 heterocycles. The quantitative estimate of drug-likeness (QED) is 0.458. The van der Waals surface area contributed by atoms with Crippen LogP contribution < -0.4 is 5.32 Å². The Morgan fingerprint density at radius 1 is 0.933 bits per heavy atom. The first-order valence-electron chi connectivity index (χ1n) is 5.43. The average molecular weight is 221 g/mol. The third-order valence-corrected chi connectivity index (χ3v) is 1.79. The molecule has 0 saturated carbocycles. The Morgan fingerprint density at radius 3 is 1.67 bits per heavy atom.